The number of carbonyl (C=O) groups is 3. The predicted octanol–water partition coefficient (Wildman–Crippen LogP) is 5.62. The number of nitrogens with zero attached hydrogens (tertiary/aromatic N) is 4. The first-order valence-corrected chi connectivity index (χ1v) is 13.2. The summed E-state index contributed by atoms with van der Waals surface area (Å²) in [5.74, 6) is -1.72. The molecule has 0 unspecified atom stereocenters. The first-order chi connectivity index (χ1) is 20.9. The minimum atomic E-state index is -0.633. The van der Waals surface area contributed by atoms with Crippen molar-refractivity contribution >= 4 is 52.3 Å². The molecule has 0 saturated carbocycles. The fourth-order valence-electron chi connectivity index (χ4n) is 4.46. The van der Waals surface area contributed by atoms with Gasteiger partial charge in [0.15, 0.2) is 0 Å². The highest BCUT2D eigenvalue weighted by atomic mass is 16.6. The number of carbonyl (C=O) groups excluding carboxylic acids is 3. The Hall–Kier alpha value is -6.10. The first kappa shape index (κ1) is 28.4. The molecule has 1 aliphatic heterocycles. The van der Waals surface area contributed by atoms with Crippen molar-refractivity contribution in [1.29, 1.82) is 0 Å². The summed E-state index contributed by atoms with van der Waals surface area (Å²) in [6.07, 6.45) is 1.28. The molecule has 4 aromatic rings. The normalized spacial score (nSPS) is 13.0. The number of hydrogen-bond acceptors (Lipinski definition) is 8. The summed E-state index contributed by atoms with van der Waals surface area (Å²) >= 11 is 0. The molecule has 11 nitrogen and oxygen atoms in total. The molecule has 1 aliphatic rings. The van der Waals surface area contributed by atoms with E-state index in [9.17, 15) is 24.5 Å². The zero-order chi connectivity index (χ0) is 30.3. The van der Waals surface area contributed by atoms with Crippen LogP contribution >= 0.6 is 0 Å². The third kappa shape index (κ3) is 6.00. The maximum absolute atomic E-state index is 14.1. The Bertz CT molecular complexity index is 1680. The highest BCUT2D eigenvalue weighted by Gasteiger charge is 2.44. The molecule has 2 amide bonds. The highest BCUT2D eigenvalue weighted by Crippen LogP contribution is 2.35. The summed E-state index contributed by atoms with van der Waals surface area (Å²) in [7, 11) is 0. The van der Waals surface area contributed by atoms with E-state index in [0.717, 1.165) is 0 Å². The molecule has 0 aliphatic carbocycles. The van der Waals surface area contributed by atoms with Crippen LogP contribution in [0.4, 0.5) is 22.7 Å². The van der Waals surface area contributed by atoms with Gasteiger partial charge in [-0.1, -0.05) is 48.5 Å². The molecule has 0 bridgehead atoms. The molecule has 1 heterocycles. The molecular formula is C32H25N5O6. The predicted molar refractivity (Wildman–Crippen MR) is 162 cm³/mol. The van der Waals surface area contributed by atoms with E-state index in [2.05, 4.69) is 10.5 Å². The Kier molecular flexibility index (Phi) is 8.33. The lowest BCUT2D eigenvalue weighted by molar-refractivity contribution is -0.384. The fourth-order valence-corrected chi connectivity index (χ4v) is 4.46. The van der Waals surface area contributed by atoms with Gasteiger partial charge in [-0.25, -0.2) is 14.8 Å². The average Bonchev–Trinajstić information content (AvgIpc) is 3.29. The minimum absolute atomic E-state index is 0.0775. The number of amides is 2. The number of rotatable bonds is 9. The van der Waals surface area contributed by atoms with Crippen LogP contribution < -0.4 is 15.4 Å². The lowest BCUT2D eigenvalue weighted by atomic mass is 9.99. The van der Waals surface area contributed by atoms with Gasteiger partial charge in [-0.15, -0.1) is 0 Å². The van der Waals surface area contributed by atoms with Crippen LogP contribution in [0.25, 0.3) is 5.57 Å². The van der Waals surface area contributed by atoms with Gasteiger partial charge in [0.05, 0.1) is 40.4 Å². The van der Waals surface area contributed by atoms with Crippen LogP contribution in [-0.2, 0) is 14.3 Å². The van der Waals surface area contributed by atoms with E-state index < -0.39 is 22.7 Å². The number of allylic oxidation sites excluding steroid dienone is 1. The maximum Gasteiger partial charge on any atom is 0.338 e. The summed E-state index contributed by atoms with van der Waals surface area (Å²) in [6.45, 7) is 1.97. The molecule has 1 N–H and O–H groups in total. The van der Waals surface area contributed by atoms with Crippen LogP contribution in [0.15, 0.2) is 120 Å². The molecule has 214 valence electrons. The second kappa shape index (κ2) is 12.6. The second-order valence-corrected chi connectivity index (χ2v) is 9.17. The Balaban J connectivity index is 1.60. The fraction of sp³-hybridized carbons (Fsp3) is 0.0625. The molecular weight excluding hydrogens is 550 g/mol. The van der Waals surface area contributed by atoms with Crippen LogP contribution in [0, 0.1) is 10.1 Å². The second-order valence-electron chi connectivity index (χ2n) is 9.17. The van der Waals surface area contributed by atoms with E-state index in [1.807, 2.05) is 0 Å². The Morgan fingerprint density at radius 2 is 1.42 bits per heavy atom. The highest BCUT2D eigenvalue weighted by molar-refractivity contribution is 6.43. The average molecular weight is 576 g/mol. The van der Waals surface area contributed by atoms with Gasteiger partial charge in [0.1, 0.15) is 5.57 Å². The number of ether oxygens (including phenoxy) is 1. The molecule has 0 radical (unpaired) electrons. The van der Waals surface area contributed by atoms with Crippen molar-refractivity contribution in [3.63, 3.8) is 0 Å². The third-order valence-corrected chi connectivity index (χ3v) is 6.43. The van der Waals surface area contributed by atoms with Gasteiger partial charge >= 0.3 is 5.97 Å². The molecule has 43 heavy (non-hydrogen) atoms. The van der Waals surface area contributed by atoms with E-state index >= 15 is 0 Å². The largest absolute Gasteiger partial charge is 0.462 e. The number of non-ortho nitro benzene ring substituents is 1. The number of nitro groups is 1. The van der Waals surface area contributed by atoms with Crippen LogP contribution in [0.3, 0.4) is 0 Å². The van der Waals surface area contributed by atoms with Gasteiger partial charge in [0, 0.05) is 17.7 Å². The number of para-hydroxylation sites is 2. The smallest absolute Gasteiger partial charge is 0.338 e. The van der Waals surface area contributed by atoms with Crippen molar-refractivity contribution < 1.29 is 24.0 Å². The number of anilines is 3. The van der Waals surface area contributed by atoms with Crippen molar-refractivity contribution in [3.05, 3.63) is 136 Å². The van der Waals surface area contributed by atoms with Crippen molar-refractivity contribution in [1.82, 2.24) is 0 Å². The number of nitro benzene ring substituents is 1. The molecule has 1 fully saturated rings. The standard InChI is InChI=1S/C32H25N5O6/c1-2-43-32(40)22-16-18-24(19-17-22)34-33-21-28(23-10-9-15-27(20-23)37(41)42)29-30(38)35(25-11-5-3-6-12-25)36(31(29)39)26-13-7-4-8-14-26/h3-21,34H,2H2,1H3/b33-21+. The quantitative estimate of drug-likeness (QED) is 0.0684. The van der Waals surface area contributed by atoms with Crippen molar-refractivity contribution in [2.75, 3.05) is 22.1 Å². The summed E-state index contributed by atoms with van der Waals surface area (Å²) in [5, 5.41) is 18.4. The SMILES string of the molecule is CCOC(=O)c1ccc(N/N=C/C(=C2C(=O)N(c3ccccc3)N(c3ccccc3)C2=O)c2cccc([N+](=O)[O-])c2)cc1. The number of nitrogens with one attached hydrogen (secondary N) is 1. The van der Waals surface area contributed by atoms with Crippen molar-refractivity contribution in [3.8, 4) is 0 Å². The summed E-state index contributed by atoms with van der Waals surface area (Å²) in [6, 6.07) is 29.4. The van der Waals surface area contributed by atoms with E-state index in [1.54, 1.807) is 97.9 Å². The molecule has 5 rings (SSSR count). The molecule has 0 aromatic heterocycles. The van der Waals surface area contributed by atoms with Crippen molar-refractivity contribution in [2.24, 2.45) is 5.10 Å². The van der Waals surface area contributed by atoms with Crippen LogP contribution in [0.1, 0.15) is 22.8 Å². The number of hydrazine groups is 1. The first-order valence-electron chi connectivity index (χ1n) is 13.2. The van der Waals surface area contributed by atoms with Crippen LogP contribution in [0.5, 0.6) is 0 Å². The van der Waals surface area contributed by atoms with Crippen molar-refractivity contribution in [2.45, 2.75) is 6.92 Å². The zero-order valence-corrected chi connectivity index (χ0v) is 22.9. The molecule has 0 atom stereocenters. The summed E-state index contributed by atoms with van der Waals surface area (Å²) in [4.78, 5) is 51.1. The minimum Gasteiger partial charge on any atom is -0.462 e. The molecule has 0 spiro atoms. The van der Waals surface area contributed by atoms with E-state index in [4.69, 9.17) is 4.74 Å². The van der Waals surface area contributed by atoms with Crippen LogP contribution in [-0.4, -0.2) is 35.5 Å². The number of hydrazone groups is 1. The number of hydrogen-bond donors (Lipinski definition) is 1. The Morgan fingerprint density at radius 1 is 0.837 bits per heavy atom. The van der Waals surface area contributed by atoms with Crippen LogP contribution in [0.2, 0.25) is 0 Å². The Labute approximate surface area is 246 Å². The van der Waals surface area contributed by atoms with Gasteiger partial charge in [0.25, 0.3) is 17.5 Å². The van der Waals surface area contributed by atoms with Gasteiger partial charge < -0.3 is 4.74 Å². The number of benzene rings is 4. The Morgan fingerprint density at radius 3 is 1.95 bits per heavy atom. The van der Waals surface area contributed by atoms with Gasteiger partial charge in [-0.3, -0.25) is 25.1 Å². The maximum atomic E-state index is 14.1. The van der Waals surface area contributed by atoms with Gasteiger partial charge in [0.2, 0.25) is 0 Å². The topological polar surface area (TPSA) is 134 Å². The third-order valence-electron chi connectivity index (χ3n) is 6.43. The van der Waals surface area contributed by atoms with E-state index in [1.165, 1.54) is 34.4 Å². The van der Waals surface area contributed by atoms with E-state index in [-0.39, 0.29) is 29.0 Å². The monoisotopic (exact) mass is 575 g/mol. The van der Waals surface area contributed by atoms with E-state index in [0.29, 0.717) is 22.6 Å². The van der Waals surface area contributed by atoms with Gasteiger partial charge in [-0.2, -0.15) is 5.10 Å². The molecule has 4 aromatic carbocycles. The lowest BCUT2D eigenvalue weighted by Crippen LogP contribution is -2.41. The van der Waals surface area contributed by atoms with Gasteiger partial charge in [-0.05, 0) is 61.0 Å². The molecule has 11 heteroatoms. The summed E-state index contributed by atoms with van der Waals surface area (Å²) < 4.78 is 5.00. The molecule has 1 saturated heterocycles. The number of esters is 1. The summed E-state index contributed by atoms with van der Waals surface area (Å²) in [5.41, 5.74) is 4.48. The zero-order valence-electron chi connectivity index (χ0n) is 22.9. The lowest BCUT2D eigenvalue weighted by Gasteiger charge is -2.27.